The predicted octanol–water partition coefficient (Wildman–Crippen LogP) is 4.13. The van der Waals surface area contributed by atoms with E-state index < -0.39 is 0 Å². The first-order valence-electron chi connectivity index (χ1n) is 7.86. The van der Waals surface area contributed by atoms with Crippen LogP contribution in [0.2, 0.25) is 0 Å². The number of ether oxygens (including phenoxy) is 3. The molecular weight excluding hydrogens is 276 g/mol. The SMILES string of the molecule is CCCCOCCOCCOCCC(C)(CCl)C(C)C. The third-order valence-corrected chi connectivity index (χ3v) is 4.51. The molecule has 0 heterocycles. The highest BCUT2D eigenvalue weighted by molar-refractivity contribution is 6.18. The zero-order chi connectivity index (χ0) is 15.3. The number of rotatable bonds is 14. The molecule has 1 unspecified atom stereocenters. The van der Waals surface area contributed by atoms with Crippen molar-refractivity contribution in [3.8, 4) is 0 Å². The second kappa shape index (κ2) is 12.9. The molecule has 122 valence electrons. The van der Waals surface area contributed by atoms with E-state index in [1.54, 1.807) is 0 Å². The molecule has 4 heteroatoms. The molecule has 0 aliphatic heterocycles. The van der Waals surface area contributed by atoms with Gasteiger partial charge >= 0.3 is 0 Å². The second-order valence-electron chi connectivity index (χ2n) is 5.88. The largest absolute Gasteiger partial charge is 0.379 e. The minimum atomic E-state index is 0.162. The van der Waals surface area contributed by atoms with Crippen LogP contribution in [-0.4, -0.2) is 45.5 Å². The van der Waals surface area contributed by atoms with Crippen LogP contribution in [0, 0.1) is 11.3 Å². The zero-order valence-electron chi connectivity index (χ0n) is 13.8. The summed E-state index contributed by atoms with van der Waals surface area (Å²) in [5.41, 5.74) is 0.162. The van der Waals surface area contributed by atoms with Crippen molar-refractivity contribution in [3.63, 3.8) is 0 Å². The van der Waals surface area contributed by atoms with E-state index in [0.29, 0.717) is 38.2 Å². The third-order valence-electron chi connectivity index (χ3n) is 3.90. The van der Waals surface area contributed by atoms with Crippen molar-refractivity contribution in [2.24, 2.45) is 11.3 Å². The van der Waals surface area contributed by atoms with Crippen molar-refractivity contribution in [2.75, 3.05) is 45.5 Å². The Hall–Kier alpha value is 0.170. The van der Waals surface area contributed by atoms with Gasteiger partial charge in [-0.15, -0.1) is 11.6 Å². The molecule has 0 radical (unpaired) electrons. The molecule has 0 saturated carbocycles. The lowest BCUT2D eigenvalue weighted by atomic mass is 9.78. The topological polar surface area (TPSA) is 27.7 Å². The summed E-state index contributed by atoms with van der Waals surface area (Å²) in [5, 5.41) is 0. The number of hydrogen-bond acceptors (Lipinski definition) is 3. The van der Waals surface area contributed by atoms with E-state index in [1.165, 1.54) is 6.42 Å². The van der Waals surface area contributed by atoms with Gasteiger partial charge in [0.2, 0.25) is 0 Å². The van der Waals surface area contributed by atoms with Gasteiger partial charge in [-0.2, -0.15) is 0 Å². The Morgan fingerprint density at radius 1 is 0.900 bits per heavy atom. The van der Waals surface area contributed by atoms with Crippen molar-refractivity contribution < 1.29 is 14.2 Å². The molecule has 0 amide bonds. The summed E-state index contributed by atoms with van der Waals surface area (Å²) >= 11 is 6.04. The molecule has 0 aromatic carbocycles. The minimum Gasteiger partial charge on any atom is -0.379 e. The summed E-state index contributed by atoms with van der Waals surface area (Å²) in [6.45, 7) is 13.0. The van der Waals surface area contributed by atoms with E-state index in [1.807, 2.05) is 0 Å². The van der Waals surface area contributed by atoms with E-state index in [9.17, 15) is 0 Å². The maximum atomic E-state index is 6.04. The van der Waals surface area contributed by atoms with E-state index >= 15 is 0 Å². The van der Waals surface area contributed by atoms with Crippen molar-refractivity contribution >= 4 is 11.6 Å². The monoisotopic (exact) mass is 308 g/mol. The molecule has 0 fully saturated rings. The van der Waals surface area contributed by atoms with E-state index in [4.69, 9.17) is 25.8 Å². The average Bonchev–Trinajstić information content (AvgIpc) is 2.44. The fourth-order valence-electron chi connectivity index (χ4n) is 1.60. The Balaban J connectivity index is 3.32. The van der Waals surface area contributed by atoms with Crippen LogP contribution in [0.5, 0.6) is 0 Å². The normalized spacial score (nSPS) is 14.7. The first-order chi connectivity index (χ1) is 9.56. The van der Waals surface area contributed by atoms with Gasteiger partial charge in [0.05, 0.1) is 26.4 Å². The maximum Gasteiger partial charge on any atom is 0.0701 e. The molecule has 0 bridgehead atoms. The van der Waals surface area contributed by atoms with Gasteiger partial charge in [-0.1, -0.05) is 34.1 Å². The highest BCUT2D eigenvalue weighted by atomic mass is 35.5. The van der Waals surface area contributed by atoms with Crippen molar-refractivity contribution in [2.45, 2.75) is 47.0 Å². The predicted molar refractivity (Wildman–Crippen MR) is 85.6 cm³/mol. The summed E-state index contributed by atoms with van der Waals surface area (Å²) in [6.07, 6.45) is 3.29. The number of halogens is 1. The van der Waals surface area contributed by atoms with Crippen molar-refractivity contribution in [1.29, 1.82) is 0 Å². The molecule has 20 heavy (non-hydrogen) atoms. The Bertz CT molecular complexity index is 212. The van der Waals surface area contributed by atoms with Crippen LogP contribution in [0.3, 0.4) is 0 Å². The molecule has 0 aliphatic carbocycles. The lowest BCUT2D eigenvalue weighted by molar-refractivity contribution is 0.00734. The molecule has 0 rings (SSSR count). The van der Waals surface area contributed by atoms with Gasteiger partial charge in [0.25, 0.3) is 0 Å². The third kappa shape index (κ3) is 9.98. The summed E-state index contributed by atoms with van der Waals surface area (Å²) in [4.78, 5) is 0. The van der Waals surface area contributed by atoms with Crippen LogP contribution in [0.25, 0.3) is 0 Å². The molecule has 0 N–H and O–H groups in total. The van der Waals surface area contributed by atoms with Crippen LogP contribution >= 0.6 is 11.6 Å². The lowest BCUT2D eigenvalue weighted by Crippen LogP contribution is -2.27. The fourth-order valence-corrected chi connectivity index (χ4v) is 2.05. The molecule has 0 saturated heterocycles. The van der Waals surface area contributed by atoms with E-state index in [-0.39, 0.29) is 5.41 Å². The van der Waals surface area contributed by atoms with Crippen LogP contribution in [-0.2, 0) is 14.2 Å². The molecular formula is C16H33ClO3. The first-order valence-corrected chi connectivity index (χ1v) is 8.39. The standard InChI is InChI=1S/C16H33ClO3/c1-5-6-8-18-10-12-20-13-11-19-9-7-16(4,14-17)15(2)3/h15H,5-14H2,1-4H3. The molecule has 0 aromatic heterocycles. The summed E-state index contributed by atoms with van der Waals surface area (Å²) in [5.74, 6) is 1.25. The smallest absolute Gasteiger partial charge is 0.0701 e. The molecule has 0 aromatic rings. The van der Waals surface area contributed by atoms with Crippen LogP contribution in [0.1, 0.15) is 47.0 Å². The molecule has 1 atom stereocenters. The van der Waals surface area contributed by atoms with Crippen LogP contribution in [0.15, 0.2) is 0 Å². The second-order valence-corrected chi connectivity index (χ2v) is 6.15. The number of alkyl halides is 1. The maximum absolute atomic E-state index is 6.04. The summed E-state index contributed by atoms with van der Waals surface area (Å²) < 4.78 is 16.5. The quantitative estimate of drug-likeness (QED) is 0.357. The molecule has 0 aliphatic rings. The molecule has 3 nitrogen and oxygen atoms in total. The van der Waals surface area contributed by atoms with Crippen LogP contribution in [0.4, 0.5) is 0 Å². The first kappa shape index (κ1) is 20.2. The summed E-state index contributed by atoms with van der Waals surface area (Å²) in [6, 6.07) is 0. The fraction of sp³-hybridized carbons (Fsp3) is 1.00. The van der Waals surface area contributed by atoms with Crippen LogP contribution < -0.4 is 0 Å². The Morgan fingerprint density at radius 3 is 1.85 bits per heavy atom. The Labute approximate surface area is 130 Å². The van der Waals surface area contributed by atoms with Gasteiger partial charge in [0.15, 0.2) is 0 Å². The van der Waals surface area contributed by atoms with E-state index in [2.05, 4.69) is 27.7 Å². The Kier molecular flexibility index (Phi) is 13.0. The minimum absolute atomic E-state index is 0.162. The highest BCUT2D eigenvalue weighted by Gasteiger charge is 2.26. The van der Waals surface area contributed by atoms with Gasteiger partial charge in [-0.25, -0.2) is 0 Å². The van der Waals surface area contributed by atoms with Gasteiger partial charge in [-0.05, 0) is 24.2 Å². The van der Waals surface area contributed by atoms with Gasteiger partial charge in [0, 0.05) is 19.1 Å². The summed E-state index contributed by atoms with van der Waals surface area (Å²) in [7, 11) is 0. The Morgan fingerprint density at radius 2 is 1.40 bits per heavy atom. The van der Waals surface area contributed by atoms with Gasteiger partial charge < -0.3 is 14.2 Å². The number of hydrogen-bond donors (Lipinski definition) is 0. The number of unbranched alkanes of at least 4 members (excludes halogenated alkanes) is 1. The highest BCUT2D eigenvalue weighted by Crippen LogP contribution is 2.32. The van der Waals surface area contributed by atoms with Gasteiger partial charge in [-0.3, -0.25) is 0 Å². The van der Waals surface area contributed by atoms with E-state index in [0.717, 1.165) is 26.1 Å². The van der Waals surface area contributed by atoms with Crippen molar-refractivity contribution in [3.05, 3.63) is 0 Å². The average molecular weight is 309 g/mol. The lowest BCUT2D eigenvalue weighted by Gasteiger charge is -2.31. The zero-order valence-corrected chi connectivity index (χ0v) is 14.5. The molecule has 0 spiro atoms. The van der Waals surface area contributed by atoms with Crippen molar-refractivity contribution in [1.82, 2.24) is 0 Å². The van der Waals surface area contributed by atoms with Gasteiger partial charge in [0.1, 0.15) is 0 Å².